The minimum atomic E-state index is -0.980. The van der Waals surface area contributed by atoms with E-state index in [1.807, 2.05) is 0 Å². The Kier molecular flexibility index (Phi) is 4.39. The molecule has 1 amide bonds. The molecule has 1 N–H and O–H groups in total. The van der Waals surface area contributed by atoms with Gasteiger partial charge in [0.1, 0.15) is 0 Å². The molecule has 20 heavy (non-hydrogen) atoms. The molecule has 0 spiro atoms. The van der Waals surface area contributed by atoms with Gasteiger partial charge < -0.3 is 14.9 Å². The number of likely N-dealkylation sites (tertiary alicyclic amines) is 1. The predicted molar refractivity (Wildman–Crippen MR) is 76.0 cm³/mol. The average Bonchev–Trinajstić information content (AvgIpc) is 2.83. The Morgan fingerprint density at radius 1 is 1.30 bits per heavy atom. The van der Waals surface area contributed by atoms with Gasteiger partial charge in [-0.15, -0.1) is 0 Å². The van der Waals surface area contributed by atoms with Crippen LogP contribution in [0.25, 0.3) is 0 Å². The number of nitrogens with zero attached hydrogens (tertiary/aromatic N) is 2. The number of rotatable bonds is 4. The molecular formula is C15H20N2O3. The van der Waals surface area contributed by atoms with Crippen LogP contribution in [0.2, 0.25) is 0 Å². The van der Waals surface area contributed by atoms with Crippen molar-refractivity contribution in [3.63, 3.8) is 0 Å². The summed E-state index contributed by atoms with van der Waals surface area (Å²) in [6.45, 7) is 2.85. The van der Waals surface area contributed by atoms with Crippen molar-refractivity contribution in [2.24, 2.45) is 5.92 Å². The summed E-state index contributed by atoms with van der Waals surface area (Å²) >= 11 is 0. The van der Waals surface area contributed by atoms with Crippen LogP contribution < -0.4 is 0 Å². The number of amides is 1. The molecule has 1 saturated heterocycles. The number of aromatic carboxylic acids is 1. The third kappa shape index (κ3) is 3.36. The Labute approximate surface area is 118 Å². The summed E-state index contributed by atoms with van der Waals surface area (Å²) in [6, 6.07) is 6.08. The Balaban J connectivity index is 1.97. The fourth-order valence-corrected chi connectivity index (χ4v) is 2.62. The maximum Gasteiger partial charge on any atom is 0.335 e. The van der Waals surface area contributed by atoms with Crippen molar-refractivity contribution >= 4 is 11.9 Å². The molecule has 0 bridgehead atoms. The fourth-order valence-electron chi connectivity index (χ4n) is 2.62. The van der Waals surface area contributed by atoms with Crippen LogP contribution in [0.4, 0.5) is 0 Å². The molecule has 0 aliphatic carbocycles. The number of benzene rings is 1. The summed E-state index contributed by atoms with van der Waals surface area (Å²) in [6.07, 6.45) is 1.12. The molecule has 1 unspecified atom stereocenters. The lowest BCUT2D eigenvalue weighted by atomic mass is 10.1. The lowest BCUT2D eigenvalue weighted by Crippen LogP contribution is -2.32. The summed E-state index contributed by atoms with van der Waals surface area (Å²) in [5.41, 5.74) is 0.727. The normalized spacial score (nSPS) is 19.0. The van der Waals surface area contributed by atoms with Crippen molar-refractivity contribution in [2.75, 3.05) is 33.7 Å². The topological polar surface area (TPSA) is 60.9 Å². The Morgan fingerprint density at radius 3 is 2.40 bits per heavy atom. The van der Waals surface area contributed by atoms with Gasteiger partial charge in [0.15, 0.2) is 0 Å². The minimum absolute atomic E-state index is 0.0588. The van der Waals surface area contributed by atoms with Crippen molar-refractivity contribution in [2.45, 2.75) is 6.42 Å². The van der Waals surface area contributed by atoms with Crippen LogP contribution in [-0.4, -0.2) is 60.5 Å². The summed E-state index contributed by atoms with van der Waals surface area (Å²) in [5, 5.41) is 8.84. The van der Waals surface area contributed by atoms with E-state index in [0.717, 1.165) is 26.1 Å². The molecule has 108 valence electrons. The standard InChI is InChI=1S/C15H20N2O3/c1-16-8-7-11(9-16)10-17(2)14(18)12-3-5-13(6-4-12)15(19)20/h3-6,11H,7-10H2,1-2H3,(H,19,20). The molecule has 0 radical (unpaired) electrons. The van der Waals surface area contributed by atoms with Crippen LogP contribution in [0, 0.1) is 5.92 Å². The van der Waals surface area contributed by atoms with E-state index in [1.165, 1.54) is 12.1 Å². The predicted octanol–water partition coefficient (Wildman–Crippen LogP) is 1.41. The molecule has 0 saturated carbocycles. The summed E-state index contributed by atoms with van der Waals surface area (Å²) in [5.74, 6) is -0.518. The zero-order valence-corrected chi connectivity index (χ0v) is 11.9. The van der Waals surface area contributed by atoms with Crippen LogP contribution in [0.3, 0.4) is 0 Å². The first kappa shape index (κ1) is 14.5. The van der Waals surface area contributed by atoms with Crippen LogP contribution >= 0.6 is 0 Å². The molecular weight excluding hydrogens is 256 g/mol. The van der Waals surface area contributed by atoms with Crippen molar-refractivity contribution in [3.8, 4) is 0 Å². The molecule has 1 aromatic rings. The van der Waals surface area contributed by atoms with E-state index >= 15 is 0 Å². The lowest BCUT2D eigenvalue weighted by molar-refractivity contribution is 0.0694. The van der Waals surface area contributed by atoms with E-state index in [-0.39, 0.29) is 11.5 Å². The van der Waals surface area contributed by atoms with E-state index in [9.17, 15) is 9.59 Å². The van der Waals surface area contributed by atoms with E-state index in [2.05, 4.69) is 11.9 Å². The number of hydrogen-bond acceptors (Lipinski definition) is 3. The molecule has 2 rings (SSSR count). The molecule has 1 aliphatic heterocycles. The number of hydrogen-bond donors (Lipinski definition) is 1. The van der Waals surface area contributed by atoms with Crippen LogP contribution in [0.15, 0.2) is 24.3 Å². The quantitative estimate of drug-likeness (QED) is 0.903. The SMILES string of the molecule is CN1CCC(CN(C)C(=O)c2ccc(C(=O)O)cc2)C1. The lowest BCUT2D eigenvalue weighted by Gasteiger charge is -2.21. The first-order valence-electron chi connectivity index (χ1n) is 6.74. The van der Waals surface area contributed by atoms with Gasteiger partial charge in [0.2, 0.25) is 0 Å². The van der Waals surface area contributed by atoms with Crippen molar-refractivity contribution in [1.29, 1.82) is 0 Å². The average molecular weight is 276 g/mol. The van der Waals surface area contributed by atoms with Gasteiger partial charge in [-0.1, -0.05) is 0 Å². The summed E-state index contributed by atoms with van der Waals surface area (Å²) < 4.78 is 0. The number of carbonyl (C=O) groups excluding carboxylic acids is 1. The first-order valence-corrected chi connectivity index (χ1v) is 6.74. The Bertz CT molecular complexity index is 498. The first-order chi connectivity index (χ1) is 9.47. The van der Waals surface area contributed by atoms with E-state index in [4.69, 9.17) is 5.11 Å². The van der Waals surface area contributed by atoms with E-state index < -0.39 is 5.97 Å². The monoisotopic (exact) mass is 276 g/mol. The van der Waals surface area contributed by atoms with Gasteiger partial charge in [-0.3, -0.25) is 4.79 Å². The van der Waals surface area contributed by atoms with E-state index in [0.29, 0.717) is 11.5 Å². The number of carbonyl (C=O) groups is 2. The van der Waals surface area contributed by atoms with Gasteiger partial charge >= 0.3 is 5.97 Å². The zero-order chi connectivity index (χ0) is 14.7. The minimum Gasteiger partial charge on any atom is -0.478 e. The van der Waals surface area contributed by atoms with Gasteiger partial charge in [0.05, 0.1) is 5.56 Å². The molecule has 5 heteroatoms. The van der Waals surface area contributed by atoms with Crippen LogP contribution in [0.5, 0.6) is 0 Å². The van der Waals surface area contributed by atoms with Crippen molar-refractivity contribution in [3.05, 3.63) is 35.4 Å². The molecule has 1 heterocycles. The highest BCUT2D eigenvalue weighted by Crippen LogP contribution is 2.16. The molecule has 5 nitrogen and oxygen atoms in total. The van der Waals surface area contributed by atoms with Gasteiger partial charge in [-0.2, -0.15) is 0 Å². The fraction of sp³-hybridized carbons (Fsp3) is 0.467. The molecule has 1 aliphatic rings. The highest BCUT2D eigenvalue weighted by Gasteiger charge is 2.23. The van der Waals surface area contributed by atoms with E-state index in [1.54, 1.807) is 24.1 Å². The zero-order valence-electron chi connectivity index (χ0n) is 11.9. The maximum absolute atomic E-state index is 12.3. The summed E-state index contributed by atoms with van der Waals surface area (Å²) in [7, 11) is 3.89. The highest BCUT2D eigenvalue weighted by atomic mass is 16.4. The number of carboxylic acid groups (broad SMARTS) is 1. The van der Waals surface area contributed by atoms with Gasteiger partial charge in [-0.05, 0) is 50.2 Å². The highest BCUT2D eigenvalue weighted by molar-refractivity contribution is 5.95. The van der Waals surface area contributed by atoms with Crippen molar-refractivity contribution < 1.29 is 14.7 Å². The smallest absolute Gasteiger partial charge is 0.335 e. The van der Waals surface area contributed by atoms with Crippen molar-refractivity contribution in [1.82, 2.24) is 9.80 Å². The second-order valence-corrected chi connectivity index (χ2v) is 5.49. The Hall–Kier alpha value is -1.88. The van der Waals surface area contributed by atoms with Gasteiger partial charge in [0, 0.05) is 25.7 Å². The third-order valence-electron chi connectivity index (χ3n) is 3.75. The third-order valence-corrected chi connectivity index (χ3v) is 3.75. The van der Waals surface area contributed by atoms with Crippen LogP contribution in [-0.2, 0) is 0 Å². The second kappa shape index (κ2) is 6.05. The Morgan fingerprint density at radius 2 is 1.90 bits per heavy atom. The van der Waals surface area contributed by atoms with Gasteiger partial charge in [0.25, 0.3) is 5.91 Å². The second-order valence-electron chi connectivity index (χ2n) is 5.49. The largest absolute Gasteiger partial charge is 0.478 e. The molecule has 1 atom stereocenters. The maximum atomic E-state index is 12.3. The van der Waals surface area contributed by atoms with Crippen LogP contribution in [0.1, 0.15) is 27.1 Å². The number of carboxylic acids is 1. The molecule has 1 aromatic carbocycles. The van der Waals surface area contributed by atoms with Gasteiger partial charge in [-0.25, -0.2) is 4.79 Å². The summed E-state index contributed by atoms with van der Waals surface area (Å²) in [4.78, 5) is 27.0. The molecule has 0 aromatic heterocycles. The molecule has 1 fully saturated rings.